The van der Waals surface area contributed by atoms with Crippen molar-refractivity contribution < 1.29 is 4.74 Å². The first-order chi connectivity index (χ1) is 9.24. The minimum absolute atomic E-state index is 0.325. The normalized spacial score (nSPS) is 17.5. The number of benzene rings is 2. The third-order valence-electron chi connectivity index (χ3n) is 3.46. The summed E-state index contributed by atoms with van der Waals surface area (Å²) in [6.45, 7) is 2.87. The first kappa shape index (κ1) is 12.5. The van der Waals surface area contributed by atoms with Crippen molar-refractivity contribution in [2.24, 2.45) is 0 Å². The number of para-hydroxylation sites is 1. The Morgan fingerprint density at radius 1 is 1.21 bits per heavy atom. The number of nitrogens with one attached hydrogen (secondary N) is 1. The van der Waals surface area contributed by atoms with Gasteiger partial charge in [0.2, 0.25) is 0 Å². The maximum absolute atomic E-state index is 5.69. The van der Waals surface area contributed by atoms with Crippen LogP contribution in [0.2, 0.25) is 0 Å². The molecular formula is C16H16BrNO. The van der Waals surface area contributed by atoms with Crippen LogP contribution in [-0.4, -0.2) is 6.61 Å². The Labute approximate surface area is 121 Å². The van der Waals surface area contributed by atoms with Gasteiger partial charge >= 0.3 is 0 Å². The molecule has 1 unspecified atom stereocenters. The van der Waals surface area contributed by atoms with E-state index in [0.29, 0.717) is 6.04 Å². The minimum Gasteiger partial charge on any atom is -0.493 e. The zero-order valence-corrected chi connectivity index (χ0v) is 12.4. The van der Waals surface area contributed by atoms with E-state index in [0.717, 1.165) is 28.9 Å². The molecule has 0 radical (unpaired) electrons. The third-order valence-corrected chi connectivity index (χ3v) is 4.35. The van der Waals surface area contributed by atoms with Gasteiger partial charge in [0.05, 0.1) is 12.6 Å². The quantitative estimate of drug-likeness (QED) is 0.867. The SMILES string of the molecule is Cc1cc(NC2CCOc3ccccc32)ccc1Br. The first-order valence-electron chi connectivity index (χ1n) is 6.48. The number of anilines is 1. The van der Waals surface area contributed by atoms with Crippen LogP contribution in [0.25, 0.3) is 0 Å². The molecule has 0 amide bonds. The lowest BCUT2D eigenvalue weighted by molar-refractivity contribution is 0.274. The van der Waals surface area contributed by atoms with Crippen LogP contribution in [0.4, 0.5) is 5.69 Å². The van der Waals surface area contributed by atoms with Crippen molar-refractivity contribution in [3.63, 3.8) is 0 Å². The van der Waals surface area contributed by atoms with Crippen molar-refractivity contribution >= 4 is 21.6 Å². The van der Waals surface area contributed by atoms with Crippen LogP contribution in [0.1, 0.15) is 23.6 Å². The van der Waals surface area contributed by atoms with Gasteiger partial charge in [0.25, 0.3) is 0 Å². The molecule has 0 spiro atoms. The predicted molar refractivity (Wildman–Crippen MR) is 81.8 cm³/mol. The Morgan fingerprint density at radius 2 is 2.05 bits per heavy atom. The second-order valence-corrected chi connectivity index (χ2v) is 5.69. The van der Waals surface area contributed by atoms with E-state index in [1.165, 1.54) is 11.1 Å². The Balaban J connectivity index is 1.86. The van der Waals surface area contributed by atoms with Crippen molar-refractivity contribution in [2.45, 2.75) is 19.4 Å². The summed E-state index contributed by atoms with van der Waals surface area (Å²) in [7, 11) is 0. The fourth-order valence-corrected chi connectivity index (χ4v) is 2.67. The zero-order valence-electron chi connectivity index (χ0n) is 10.8. The number of aryl methyl sites for hydroxylation is 1. The summed E-state index contributed by atoms with van der Waals surface area (Å²) in [5, 5.41) is 3.60. The summed E-state index contributed by atoms with van der Waals surface area (Å²) >= 11 is 3.53. The molecule has 1 aliphatic heterocycles. The van der Waals surface area contributed by atoms with E-state index in [1.54, 1.807) is 0 Å². The fourth-order valence-electron chi connectivity index (χ4n) is 2.43. The standard InChI is InChI=1S/C16H16BrNO/c1-11-10-12(6-7-14(11)17)18-15-8-9-19-16-5-3-2-4-13(15)16/h2-7,10,15,18H,8-9H2,1H3. The van der Waals surface area contributed by atoms with Crippen LogP contribution in [0.3, 0.4) is 0 Å². The molecule has 1 aliphatic rings. The Kier molecular flexibility index (Phi) is 3.47. The van der Waals surface area contributed by atoms with Gasteiger partial charge in [-0.05, 0) is 36.8 Å². The fraction of sp³-hybridized carbons (Fsp3) is 0.250. The van der Waals surface area contributed by atoms with Crippen molar-refractivity contribution in [1.29, 1.82) is 0 Å². The van der Waals surface area contributed by atoms with E-state index in [2.05, 4.69) is 58.5 Å². The van der Waals surface area contributed by atoms with Gasteiger partial charge in [-0.1, -0.05) is 34.1 Å². The van der Waals surface area contributed by atoms with Crippen molar-refractivity contribution in [3.8, 4) is 5.75 Å². The molecule has 2 aromatic carbocycles. The zero-order chi connectivity index (χ0) is 13.2. The van der Waals surface area contributed by atoms with Gasteiger partial charge < -0.3 is 10.1 Å². The molecule has 0 fully saturated rings. The van der Waals surface area contributed by atoms with E-state index in [-0.39, 0.29) is 0 Å². The Hall–Kier alpha value is -1.48. The van der Waals surface area contributed by atoms with E-state index in [9.17, 15) is 0 Å². The number of halogens is 1. The smallest absolute Gasteiger partial charge is 0.124 e. The second-order valence-electron chi connectivity index (χ2n) is 4.84. The Morgan fingerprint density at radius 3 is 2.89 bits per heavy atom. The number of ether oxygens (including phenoxy) is 1. The number of rotatable bonds is 2. The molecule has 0 bridgehead atoms. The average Bonchev–Trinajstić information content (AvgIpc) is 2.43. The molecule has 2 nitrogen and oxygen atoms in total. The molecule has 1 heterocycles. The van der Waals surface area contributed by atoms with Crippen LogP contribution in [0.15, 0.2) is 46.9 Å². The molecule has 2 aromatic rings. The topological polar surface area (TPSA) is 21.3 Å². The average molecular weight is 318 g/mol. The molecular weight excluding hydrogens is 302 g/mol. The van der Waals surface area contributed by atoms with Gasteiger partial charge in [-0.2, -0.15) is 0 Å². The van der Waals surface area contributed by atoms with Crippen molar-refractivity contribution in [2.75, 3.05) is 11.9 Å². The van der Waals surface area contributed by atoms with Crippen LogP contribution in [0, 0.1) is 6.92 Å². The highest BCUT2D eigenvalue weighted by Gasteiger charge is 2.20. The molecule has 1 atom stereocenters. The second kappa shape index (κ2) is 5.25. The van der Waals surface area contributed by atoms with Gasteiger partial charge in [0.15, 0.2) is 0 Å². The molecule has 3 rings (SSSR count). The highest BCUT2D eigenvalue weighted by molar-refractivity contribution is 9.10. The Bertz CT molecular complexity index is 597. The molecule has 1 N–H and O–H groups in total. The summed E-state index contributed by atoms with van der Waals surface area (Å²) in [6.07, 6.45) is 0.992. The summed E-state index contributed by atoms with van der Waals surface area (Å²) in [4.78, 5) is 0. The van der Waals surface area contributed by atoms with Crippen LogP contribution < -0.4 is 10.1 Å². The maximum Gasteiger partial charge on any atom is 0.124 e. The van der Waals surface area contributed by atoms with Crippen LogP contribution in [0.5, 0.6) is 5.75 Å². The largest absolute Gasteiger partial charge is 0.493 e. The summed E-state index contributed by atoms with van der Waals surface area (Å²) < 4.78 is 6.83. The van der Waals surface area contributed by atoms with Crippen LogP contribution >= 0.6 is 15.9 Å². The molecule has 0 saturated heterocycles. The maximum atomic E-state index is 5.69. The summed E-state index contributed by atoms with van der Waals surface area (Å²) in [5.74, 6) is 1.00. The summed E-state index contributed by atoms with van der Waals surface area (Å²) in [6, 6.07) is 14.9. The molecule has 0 aromatic heterocycles. The lowest BCUT2D eigenvalue weighted by atomic mass is 10.00. The highest BCUT2D eigenvalue weighted by Crippen LogP contribution is 2.34. The lowest BCUT2D eigenvalue weighted by Gasteiger charge is -2.27. The first-order valence-corrected chi connectivity index (χ1v) is 7.28. The third kappa shape index (κ3) is 2.61. The van der Waals surface area contributed by atoms with Crippen molar-refractivity contribution in [3.05, 3.63) is 58.1 Å². The molecule has 19 heavy (non-hydrogen) atoms. The highest BCUT2D eigenvalue weighted by atomic mass is 79.9. The van der Waals surface area contributed by atoms with Gasteiger partial charge in [-0.3, -0.25) is 0 Å². The van der Waals surface area contributed by atoms with Gasteiger partial charge in [-0.15, -0.1) is 0 Å². The monoisotopic (exact) mass is 317 g/mol. The van der Waals surface area contributed by atoms with Gasteiger partial charge in [-0.25, -0.2) is 0 Å². The summed E-state index contributed by atoms with van der Waals surface area (Å²) in [5.41, 5.74) is 3.64. The van der Waals surface area contributed by atoms with Gasteiger partial charge in [0.1, 0.15) is 5.75 Å². The van der Waals surface area contributed by atoms with E-state index < -0.39 is 0 Å². The number of hydrogen-bond acceptors (Lipinski definition) is 2. The van der Waals surface area contributed by atoms with Crippen molar-refractivity contribution in [1.82, 2.24) is 0 Å². The molecule has 3 heteroatoms. The minimum atomic E-state index is 0.325. The lowest BCUT2D eigenvalue weighted by Crippen LogP contribution is -2.20. The van der Waals surface area contributed by atoms with E-state index in [4.69, 9.17) is 4.74 Å². The van der Waals surface area contributed by atoms with E-state index >= 15 is 0 Å². The van der Waals surface area contributed by atoms with Crippen LogP contribution in [-0.2, 0) is 0 Å². The van der Waals surface area contributed by atoms with E-state index in [1.807, 2.05) is 12.1 Å². The molecule has 0 aliphatic carbocycles. The number of hydrogen-bond donors (Lipinski definition) is 1. The van der Waals surface area contributed by atoms with Gasteiger partial charge in [0, 0.05) is 22.1 Å². The molecule has 98 valence electrons. The predicted octanol–water partition coefficient (Wildman–Crippen LogP) is 4.69. The number of fused-ring (bicyclic) bond motifs is 1. The molecule has 0 saturated carbocycles.